The second kappa shape index (κ2) is 3.35. The standard InChI is InChI=1S/C11H10FNO/c1-7(14)9-5-8-3-2-4-13-11(8)6-10(9)12/h2-7,14H,1H3. The van der Waals surface area contributed by atoms with Crippen molar-refractivity contribution in [3.63, 3.8) is 0 Å². The van der Waals surface area contributed by atoms with Gasteiger partial charge in [-0.1, -0.05) is 6.07 Å². The molecule has 1 atom stereocenters. The van der Waals surface area contributed by atoms with Gasteiger partial charge in [0.25, 0.3) is 0 Å². The van der Waals surface area contributed by atoms with Gasteiger partial charge in [-0.15, -0.1) is 0 Å². The number of hydrogen-bond donors (Lipinski definition) is 1. The first kappa shape index (κ1) is 9.09. The molecule has 1 aromatic carbocycles. The summed E-state index contributed by atoms with van der Waals surface area (Å²) < 4.78 is 13.4. The molecule has 1 unspecified atom stereocenters. The Bertz CT molecular complexity index is 468. The van der Waals surface area contributed by atoms with Crippen LogP contribution in [0.5, 0.6) is 0 Å². The number of halogens is 1. The number of aromatic nitrogens is 1. The maximum atomic E-state index is 13.4. The van der Waals surface area contributed by atoms with E-state index in [2.05, 4.69) is 4.98 Å². The molecule has 0 aliphatic heterocycles. The Morgan fingerprint density at radius 1 is 1.43 bits per heavy atom. The molecular formula is C11H10FNO. The van der Waals surface area contributed by atoms with Gasteiger partial charge in [-0.05, 0) is 19.1 Å². The minimum Gasteiger partial charge on any atom is -0.389 e. The van der Waals surface area contributed by atoms with Crippen LogP contribution in [0.15, 0.2) is 30.5 Å². The number of rotatable bonds is 1. The second-order valence-corrected chi connectivity index (χ2v) is 3.25. The van der Waals surface area contributed by atoms with E-state index in [9.17, 15) is 9.50 Å². The van der Waals surface area contributed by atoms with E-state index in [0.29, 0.717) is 11.1 Å². The Balaban J connectivity index is 2.71. The van der Waals surface area contributed by atoms with Crippen LogP contribution in [0.1, 0.15) is 18.6 Å². The molecule has 0 aliphatic rings. The molecule has 1 heterocycles. The second-order valence-electron chi connectivity index (χ2n) is 3.25. The summed E-state index contributed by atoms with van der Waals surface area (Å²) in [4.78, 5) is 4.02. The number of fused-ring (bicyclic) bond motifs is 1. The van der Waals surface area contributed by atoms with Crippen LogP contribution in [0.2, 0.25) is 0 Å². The number of benzene rings is 1. The molecule has 14 heavy (non-hydrogen) atoms. The van der Waals surface area contributed by atoms with E-state index < -0.39 is 11.9 Å². The maximum absolute atomic E-state index is 13.4. The molecule has 0 amide bonds. The Kier molecular flexibility index (Phi) is 2.17. The first-order valence-electron chi connectivity index (χ1n) is 4.41. The summed E-state index contributed by atoms with van der Waals surface area (Å²) >= 11 is 0. The van der Waals surface area contributed by atoms with Gasteiger partial charge in [-0.25, -0.2) is 4.39 Å². The predicted octanol–water partition coefficient (Wildman–Crippen LogP) is 2.43. The van der Waals surface area contributed by atoms with Crippen molar-refractivity contribution in [2.24, 2.45) is 0 Å². The van der Waals surface area contributed by atoms with E-state index in [4.69, 9.17) is 0 Å². The lowest BCUT2D eigenvalue weighted by Crippen LogP contribution is -1.96. The Labute approximate surface area is 81.0 Å². The summed E-state index contributed by atoms with van der Waals surface area (Å²) in [5.41, 5.74) is 0.917. The molecule has 0 saturated heterocycles. The summed E-state index contributed by atoms with van der Waals surface area (Å²) in [6.07, 6.45) is 0.823. The van der Waals surface area contributed by atoms with E-state index in [1.54, 1.807) is 25.3 Å². The highest BCUT2D eigenvalue weighted by Crippen LogP contribution is 2.22. The van der Waals surface area contributed by atoms with Crippen molar-refractivity contribution in [1.82, 2.24) is 4.98 Å². The van der Waals surface area contributed by atoms with Gasteiger partial charge in [0.15, 0.2) is 0 Å². The first-order chi connectivity index (χ1) is 6.68. The van der Waals surface area contributed by atoms with E-state index in [-0.39, 0.29) is 0 Å². The summed E-state index contributed by atoms with van der Waals surface area (Å²) in [6, 6.07) is 6.60. The lowest BCUT2D eigenvalue weighted by atomic mass is 10.1. The molecular weight excluding hydrogens is 181 g/mol. The monoisotopic (exact) mass is 191 g/mol. The molecule has 0 saturated carbocycles. The summed E-state index contributed by atoms with van der Waals surface area (Å²) in [7, 11) is 0. The summed E-state index contributed by atoms with van der Waals surface area (Å²) in [5, 5.41) is 10.1. The fraction of sp³-hybridized carbons (Fsp3) is 0.182. The molecule has 2 aromatic rings. The summed E-state index contributed by atoms with van der Waals surface area (Å²) in [6.45, 7) is 1.54. The number of aliphatic hydroxyl groups is 1. The molecule has 0 aliphatic carbocycles. The average Bonchev–Trinajstić information content (AvgIpc) is 2.16. The number of hydrogen-bond acceptors (Lipinski definition) is 2. The van der Waals surface area contributed by atoms with Crippen LogP contribution in [-0.4, -0.2) is 10.1 Å². The highest BCUT2D eigenvalue weighted by Gasteiger charge is 2.09. The third-order valence-electron chi connectivity index (χ3n) is 2.17. The minimum absolute atomic E-state index is 0.311. The van der Waals surface area contributed by atoms with Crippen LogP contribution in [0, 0.1) is 5.82 Å². The van der Waals surface area contributed by atoms with E-state index in [0.717, 1.165) is 5.39 Å². The van der Waals surface area contributed by atoms with Crippen LogP contribution >= 0.6 is 0 Å². The first-order valence-corrected chi connectivity index (χ1v) is 4.41. The Morgan fingerprint density at radius 3 is 2.93 bits per heavy atom. The molecule has 3 heteroatoms. The molecule has 72 valence electrons. The smallest absolute Gasteiger partial charge is 0.131 e. The fourth-order valence-corrected chi connectivity index (χ4v) is 1.43. The zero-order chi connectivity index (χ0) is 10.1. The lowest BCUT2D eigenvalue weighted by molar-refractivity contribution is 0.194. The number of pyridine rings is 1. The Hall–Kier alpha value is -1.48. The largest absolute Gasteiger partial charge is 0.389 e. The minimum atomic E-state index is -0.792. The average molecular weight is 191 g/mol. The van der Waals surface area contributed by atoms with Crippen LogP contribution in [0.25, 0.3) is 10.9 Å². The molecule has 0 bridgehead atoms. The van der Waals surface area contributed by atoms with Crippen molar-refractivity contribution in [1.29, 1.82) is 0 Å². The quantitative estimate of drug-likeness (QED) is 0.750. The molecule has 0 spiro atoms. The zero-order valence-corrected chi connectivity index (χ0v) is 7.74. The van der Waals surface area contributed by atoms with Gasteiger partial charge in [-0.3, -0.25) is 4.98 Å². The van der Waals surface area contributed by atoms with Crippen LogP contribution < -0.4 is 0 Å². The zero-order valence-electron chi connectivity index (χ0n) is 7.74. The van der Waals surface area contributed by atoms with E-state index in [1.165, 1.54) is 6.07 Å². The SMILES string of the molecule is CC(O)c1cc2cccnc2cc1F. The third-order valence-corrected chi connectivity index (χ3v) is 2.17. The van der Waals surface area contributed by atoms with E-state index >= 15 is 0 Å². The highest BCUT2D eigenvalue weighted by molar-refractivity contribution is 5.79. The molecule has 2 nitrogen and oxygen atoms in total. The van der Waals surface area contributed by atoms with Crippen molar-refractivity contribution in [2.75, 3.05) is 0 Å². The number of aliphatic hydroxyl groups excluding tert-OH is 1. The molecule has 1 N–H and O–H groups in total. The van der Waals surface area contributed by atoms with Gasteiger partial charge in [0, 0.05) is 23.2 Å². The molecule has 1 aromatic heterocycles. The van der Waals surface area contributed by atoms with Crippen LogP contribution in [0.3, 0.4) is 0 Å². The summed E-state index contributed by atoms with van der Waals surface area (Å²) in [5.74, 6) is -0.411. The topological polar surface area (TPSA) is 33.1 Å². The van der Waals surface area contributed by atoms with Crippen LogP contribution in [-0.2, 0) is 0 Å². The van der Waals surface area contributed by atoms with Crippen molar-refractivity contribution in [3.8, 4) is 0 Å². The highest BCUT2D eigenvalue weighted by atomic mass is 19.1. The molecule has 0 fully saturated rings. The van der Waals surface area contributed by atoms with Gasteiger partial charge in [0.1, 0.15) is 5.82 Å². The molecule has 0 radical (unpaired) electrons. The van der Waals surface area contributed by atoms with Crippen molar-refractivity contribution in [2.45, 2.75) is 13.0 Å². The van der Waals surface area contributed by atoms with Gasteiger partial charge >= 0.3 is 0 Å². The van der Waals surface area contributed by atoms with E-state index in [1.807, 2.05) is 6.07 Å². The van der Waals surface area contributed by atoms with Gasteiger partial charge in [0.05, 0.1) is 11.6 Å². The van der Waals surface area contributed by atoms with Crippen LogP contribution in [0.4, 0.5) is 4.39 Å². The maximum Gasteiger partial charge on any atom is 0.131 e. The third kappa shape index (κ3) is 1.46. The van der Waals surface area contributed by atoms with Gasteiger partial charge in [-0.2, -0.15) is 0 Å². The lowest BCUT2D eigenvalue weighted by Gasteiger charge is -2.07. The predicted molar refractivity (Wildman–Crippen MR) is 52.3 cm³/mol. The fourth-order valence-electron chi connectivity index (χ4n) is 1.43. The Morgan fingerprint density at radius 2 is 2.21 bits per heavy atom. The van der Waals surface area contributed by atoms with Crippen molar-refractivity contribution in [3.05, 3.63) is 41.8 Å². The molecule has 2 rings (SSSR count). The van der Waals surface area contributed by atoms with Crippen molar-refractivity contribution < 1.29 is 9.50 Å². The number of nitrogens with zero attached hydrogens (tertiary/aromatic N) is 1. The normalized spacial score (nSPS) is 13.1. The van der Waals surface area contributed by atoms with Gasteiger partial charge < -0.3 is 5.11 Å². The van der Waals surface area contributed by atoms with Crippen molar-refractivity contribution >= 4 is 10.9 Å². The van der Waals surface area contributed by atoms with Gasteiger partial charge in [0.2, 0.25) is 0 Å².